The molecule has 2 rings (SSSR count). The molecule has 3 atom stereocenters. The third-order valence-corrected chi connectivity index (χ3v) is 4.44. The van der Waals surface area contributed by atoms with Gasteiger partial charge in [-0.05, 0) is 38.3 Å². The minimum absolute atomic E-state index is 0.317. The summed E-state index contributed by atoms with van der Waals surface area (Å²) in [6.45, 7) is 6.62. The molecular formula is C18H26N2O3. The van der Waals surface area contributed by atoms with Gasteiger partial charge >= 0.3 is 5.97 Å². The van der Waals surface area contributed by atoms with Crippen LogP contribution < -0.4 is 10.6 Å². The molecule has 23 heavy (non-hydrogen) atoms. The Morgan fingerprint density at radius 1 is 1.48 bits per heavy atom. The van der Waals surface area contributed by atoms with Crippen LogP contribution in [0.25, 0.3) is 0 Å². The summed E-state index contributed by atoms with van der Waals surface area (Å²) in [6, 6.07) is 9.37. The van der Waals surface area contributed by atoms with Crippen LogP contribution in [0.1, 0.15) is 25.3 Å². The molecule has 0 saturated carbocycles. The Bertz CT molecular complexity index is 536. The summed E-state index contributed by atoms with van der Waals surface area (Å²) < 4.78 is 4.77. The van der Waals surface area contributed by atoms with Crippen LogP contribution in [0.15, 0.2) is 42.6 Å². The normalized spacial score (nSPS) is 23.1. The third kappa shape index (κ3) is 4.12. The Kier molecular flexibility index (Phi) is 5.80. The van der Waals surface area contributed by atoms with Gasteiger partial charge in [-0.25, -0.2) is 4.79 Å². The number of carbonyl (C=O) groups is 1. The average Bonchev–Trinajstić information content (AvgIpc) is 3.02. The fourth-order valence-corrected chi connectivity index (χ4v) is 3.09. The van der Waals surface area contributed by atoms with Gasteiger partial charge in [-0.2, -0.15) is 0 Å². The van der Waals surface area contributed by atoms with Gasteiger partial charge in [0.2, 0.25) is 0 Å². The first-order valence-corrected chi connectivity index (χ1v) is 7.99. The molecule has 1 aromatic rings. The number of carbonyl (C=O) groups excluding carboxylic acids is 1. The highest BCUT2D eigenvalue weighted by molar-refractivity contribution is 5.76. The zero-order chi connectivity index (χ0) is 16.9. The number of esters is 1. The molecule has 0 aromatic heterocycles. The SMILES string of the molecule is C=C(N[C@H](C(=O)OC)[C@@H](C)O)[C@@]1(Cc2ccccc2)CCCN1. The van der Waals surface area contributed by atoms with Gasteiger partial charge in [-0.3, -0.25) is 0 Å². The van der Waals surface area contributed by atoms with Crippen molar-refractivity contribution in [1.82, 2.24) is 10.6 Å². The van der Waals surface area contributed by atoms with Crippen molar-refractivity contribution in [2.45, 2.75) is 43.9 Å². The first-order chi connectivity index (χ1) is 11.0. The van der Waals surface area contributed by atoms with Gasteiger partial charge in [0.15, 0.2) is 6.04 Å². The summed E-state index contributed by atoms with van der Waals surface area (Å²) in [4.78, 5) is 11.9. The first kappa shape index (κ1) is 17.5. The standard InChI is InChI=1S/C18H26N2O3/c1-13(21)16(17(22)23-3)20-14(2)18(10-7-11-19-18)12-15-8-5-4-6-9-15/h4-6,8-9,13,16,19-21H,2,7,10-12H2,1,3H3/t13-,16+,18+/m1/s1. The Balaban J connectivity index is 2.16. The summed E-state index contributed by atoms with van der Waals surface area (Å²) in [6.07, 6.45) is 1.90. The number of hydrogen-bond donors (Lipinski definition) is 3. The molecule has 1 aromatic carbocycles. The van der Waals surface area contributed by atoms with Gasteiger partial charge in [0, 0.05) is 5.70 Å². The Hall–Kier alpha value is -1.85. The van der Waals surface area contributed by atoms with Crippen molar-refractivity contribution in [2.75, 3.05) is 13.7 Å². The third-order valence-electron chi connectivity index (χ3n) is 4.44. The van der Waals surface area contributed by atoms with Crippen molar-refractivity contribution in [3.05, 3.63) is 48.2 Å². The van der Waals surface area contributed by atoms with Crippen LogP contribution in [-0.4, -0.2) is 42.4 Å². The van der Waals surface area contributed by atoms with Gasteiger partial charge in [0.25, 0.3) is 0 Å². The summed E-state index contributed by atoms with van der Waals surface area (Å²) in [5.74, 6) is -0.492. The van der Waals surface area contributed by atoms with E-state index in [0.29, 0.717) is 0 Å². The number of methoxy groups -OCH3 is 1. The lowest BCUT2D eigenvalue weighted by molar-refractivity contribution is -0.145. The van der Waals surface area contributed by atoms with Crippen molar-refractivity contribution in [3.63, 3.8) is 0 Å². The molecule has 1 aliphatic heterocycles. The number of benzene rings is 1. The molecule has 5 heteroatoms. The first-order valence-electron chi connectivity index (χ1n) is 7.99. The van der Waals surface area contributed by atoms with Crippen LogP contribution in [0.4, 0.5) is 0 Å². The maximum absolute atomic E-state index is 11.9. The van der Waals surface area contributed by atoms with Gasteiger partial charge < -0.3 is 20.5 Å². The molecule has 126 valence electrons. The van der Waals surface area contributed by atoms with Gasteiger partial charge in [-0.1, -0.05) is 36.9 Å². The van der Waals surface area contributed by atoms with E-state index in [4.69, 9.17) is 4.74 Å². The van der Waals surface area contributed by atoms with Crippen LogP contribution >= 0.6 is 0 Å². The van der Waals surface area contributed by atoms with E-state index in [2.05, 4.69) is 29.3 Å². The second-order valence-electron chi connectivity index (χ2n) is 6.14. The molecular weight excluding hydrogens is 292 g/mol. The van der Waals surface area contributed by atoms with Gasteiger partial charge in [0.1, 0.15) is 0 Å². The molecule has 1 aliphatic rings. The highest BCUT2D eigenvalue weighted by Gasteiger charge is 2.38. The summed E-state index contributed by atoms with van der Waals surface area (Å²) >= 11 is 0. The fraction of sp³-hybridized carbons (Fsp3) is 0.500. The van der Waals surface area contributed by atoms with Crippen LogP contribution in [0.2, 0.25) is 0 Å². The molecule has 0 aliphatic carbocycles. The maximum atomic E-state index is 11.9. The molecule has 0 unspecified atom stereocenters. The highest BCUT2D eigenvalue weighted by atomic mass is 16.5. The van der Waals surface area contributed by atoms with Crippen molar-refractivity contribution >= 4 is 5.97 Å². The predicted molar refractivity (Wildman–Crippen MR) is 89.9 cm³/mol. The van der Waals surface area contributed by atoms with E-state index in [1.165, 1.54) is 12.7 Å². The van der Waals surface area contributed by atoms with Gasteiger partial charge in [-0.15, -0.1) is 0 Å². The van der Waals surface area contributed by atoms with E-state index in [1.807, 2.05) is 18.2 Å². The minimum atomic E-state index is -0.866. The lowest BCUT2D eigenvalue weighted by Crippen LogP contribution is -2.54. The quantitative estimate of drug-likeness (QED) is 0.663. The Morgan fingerprint density at radius 2 is 2.17 bits per heavy atom. The van der Waals surface area contributed by atoms with Crippen molar-refractivity contribution in [3.8, 4) is 0 Å². The number of nitrogens with one attached hydrogen (secondary N) is 2. The lowest BCUT2D eigenvalue weighted by Gasteiger charge is -2.35. The smallest absolute Gasteiger partial charge is 0.330 e. The molecule has 3 N–H and O–H groups in total. The van der Waals surface area contributed by atoms with E-state index < -0.39 is 18.1 Å². The lowest BCUT2D eigenvalue weighted by atomic mass is 9.86. The molecule has 0 radical (unpaired) electrons. The van der Waals surface area contributed by atoms with E-state index in [1.54, 1.807) is 6.92 Å². The average molecular weight is 318 g/mol. The summed E-state index contributed by atoms with van der Waals surface area (Å²) in [7, 11) is 1.32. The molecule has 1 saturated heterocycles. The van der Waals surface area contributed by atoms with Crippen LogP contribution in [0.5, 0.6) is 0 Å². The van der Waals surface area contributed by atoms with E-state index in [0.717, 1.165) is 31.5 Å². The van der Waals surface area contributed by atoms with E-state index in [9.17, 15) is 9.90 Å². The predicted octanol–water partition coefficient (Wildman–Crippen LogP) is 1.38. The zero-order valence-electron chi connectivity index (χ0n) is 13.8. The van der Waals surface area contributed by atoms with Gasteiger partial charge in [0.05, 0.1) is 18.8 Å². The van der Waals surface area contributed by atoms with Crippen LogP contribution in [0, 0.1) is 0 Å². The number of aliphatic hydroxyl groups excluding tert-OH is 1. The topological polar surface area (TPSA) is 70.6 Å². The largest absolute Gasteiger partial charge is 0.467 e. The second-order valence-corrected chi connectivity index (χ2v) is 6.14. The molecule has 1 heterocycles. The number of rotatable bonds is 7. The number of ether oxygens (including phenoxy) is 1. The highest BCUT2D eigenvalue weighted by Crippen LogP contribution is 2.29. The van der Waals surface area contributed by atoms with Crippen molar-refractivity contribution in [2.24, 2.45) is 0 Å². The van der Waals surface area contributed by atoms with Crippen LogP contribution in [0.3, 0.4) is 0 Å². The molecule has 0 bridgehead atoms. The monoisotopic (exact) mass is 318 g/mol. The second kappa shape index (κ2) is 7.62. The van der Waals surface area contributed by atoms with Crippen molar-refractivity contribution in [1.29, 1.82) is 0 Å². The van der Waals surface area contributed by atoms with E-state index in [-0.39, 0.29) is 5.54 Å². The number of aliphatic hydroxyl groups is 1. The zero-order valence-corrected chi connectivity index (χ0v) is 13.8. The van der Waals surface area contributed by atoms with Crippen LogP contribution in [-0.2, 0) is 16.0 Å². The molecule has 0 amide bonds. The summed E-state index contributed by atoms with van der Waals surface area (Å²) in [5, 5.41) is 16.5. The molecule has 1 fully saturated rings. The summed E-state index contributed by atoms with van der Waals surface area (Å²) in [5.41, 5.74) is 1.61. The minimum Gasteiger partial charge on any atom is -0.467 e. The molecule has 0 spiro atoms. The maximum Gasteiger partial charge on any atom is 0.330 e. The van der Waals surface area contributed by atoms with Crippen molar-refractivity contribution < 1.29 is 14.6 Å². The molecule has 5 nitrogen and oxygen atoms in total. The fourth-order valence-electron chi connectivity index (χ4n) is 3.09. The Labute approximate surface area is 137 Å². The Morgan fingerprint density at radius 3 is 2.70 bits per heavy atom. The number of hydrogen-bond acceptors (Lipinski definition) is 5. The van der Waals surface area contributed by atoms with E-state index >= 15 is 0 Å².